The van der Waals surface area contributed by atoms with Crippen molar-refractivity contribution in [3.8, 4) is 22.6 Å². The Morgan fingerprint density at radius 3 is 2.92 bits per heavy atom. The Bertz CT molecular complexity index is 1400. The van der Waals surface area contributed by atoms with Crippen molar-refractivity contribution in [1.82, 2.24) is 30.2 Å². The molecule has 0 aliphatic carbocycles. The quantitative estimate of drug-likeness (QED) is 0.403. The first-order valence-corrected chi connectivity index (χ1v) is 12.6. The van der Waals surface area contributed by atoms with Crippen LogP contribution in [0.2, 0.25) is 0 Å². The number of benzene rings is 1. The highest BCUT2D eigenvalue weighted by molar-refractivity contribution is 5.95. The maximum absolute atomic E-state index is 12.7. The Balaban J connectivity index is 1.14. The van der Waals surface area contributed by atoms with Crippen LogP contribution in [0.25, 0.3) is 33.5 Å². The Morgan fingerprint density at radius 2 is 2.08 bits per heavy atom. The average molecular weight is 483 g/mol. The molecule has 0 unspecified atom stereocenters. The minimum atomic E-state index is -0.339. The standard InChI is InChI=1S/C28H30N6O2/c1-19-4-2-5-24(33-19)26-25(31-18-32-26)20-6-7-23-21(12-20)13-22(14-30-23)27(35)36-11-10-34-16-28(17-34)8-3-9-29-15-28/h2,4-7,12-14,18,29H,3,8-11,15-17H2,1H3,(H,31,32). The number of pyridine rings is 2. The Kier molecular flexibility index (Phi) is 5.99. The van der Waals surface area contributed by atoms with Gasteiger partial charge in [0.1, 0.15) is 6.61 Å². The summed E-state index contributed by atoms with van der Waals surface area (Å²) in [6.45, 7) is 7.54. The van der Waals surface area contributed by atoms with Gasteiger partial charge in [0.15, 0.2) is 0 Å². The molecule has 2 saturated heterocycles. The molecule has 36 heavy (non-hydrogen) atoms. The van der Waals surface area contributed by atoms with E-state index in [4.69, 9.17) is 4.74 Å². The molecule has 2 N–H and O–H groups in total. The van der Waals surface area contributed by atoms with Crippen LogP contribution in [0.15, 0.2) is 55.0 Å². The van der Waals surface area contributed by atoms with E-state index in [9.17, 15) is 4.79 Å². The van der Waals surface area contributed by atoms with Gasteiger partial charge in [0, 0.05) is 54.4 Å². The first-order chi connectivity index (χ1) is 17.6. The van der Waals surface area contributed by atoms with Crippen LogP contribution in [-0.2, 0) is 4.74 Å². The summed E-state index contributed by atoms with van der Waals surface area (Å²) in [6.07, 6.45) is 5.81. The Labute approximate surface area is 210 Å². The van der Waals surface area contributed by atoms with Crippen LogP contribution in [0.5, 0.6) is 0 Å². The summed E-state index contributed by atoms with van der Waals surface area (Å²) in [5, 5.41) is 4.37. The van der Waals surface area contributed by atoms with Gasteiger partial charge in [-0.25, -0.2) is 9.78 Å². The molecule has 3 aromatic heterocycles. The van der Waals surface area contributed by atoms with E-state index in [0.717, 1.165) is 72.0 Å². The van der Waals surface area contributed by atoms with Gasteiger partial charge in [0.25, 0.3) is 0 Å². The van der Waals surface area contributed by atoms with Gasteiger partial charge in [-0.05, 0) is 56.6 Å². The zero-order valence-corrected chi connectivity index (χ0v) is 20.5. The number of hydrogen-bond acceptors (Lipinski definition) is 7. The van der Waals surface area contributed by atoms with Crippen molar-refractivity contribution in [2.75, 3.05) is 39.3 Å². The van der Waals surface area contributed by atoms with Crippen LogP contribution in [0.1, 0.15) is 28.9 Å². The van der Waals surface area contributed by atoms with Crippen LogP contribution in [0.3, 0.4) is 0 Å². The number of imidazole rings is 1. The molecular formula is C28H30N6O2. The van der Waals surface area contributed by atoms with E-state index in [1.54, 1.807) is 12.5 Å². The monoisotopic (exact) mass is 482 g/mol. The number of piperidine rings is 1. The molecule has 1 aromatic carbocycles. The minimum absolute atomic E-state index is 0.339. The Morgan fingerprint density at radius 1 is 1.17 bits per heavy atom. The van der Waals surface area contributed by atoms with E-state index in [1.165, 1.54) is 12.8 Å². The first-order valence-electron chi connectivity index (χ1n) is 12.6. The predicted molar refractivity (Wildman–Crippen MR) is 139 cm³/mol. The van der Waals surface area contributed by atoms with Gasteiger partial charge in [-0.2, -0.15) is 0 Å². The number of rotatable bonds is 6. The molecule has 8 heteroatoms. The normalized spacial score (nSPS) is 17.2. The number of aromatic amines is 1. The highest BCUT2D eigenvalue weighted by atomic mass is 16.5. The summed E-state index contributed by atoms with van der Waals surface area (Å²) in [5.41, 5.74) is 6.09. The number of H-pyrrole nitrogens is 1. The molecule has 1 spiro atoms. The molecule has 4 aromatic rings. The lowest BCUT2D eigenvalue weighted by atomic mass is 9.74. The summed E-state index contributed by atoms with van der Waals surface area (Å²) in [5.74, 6) is -0.339. The third-order valence-corrected chi connectivity index (χ3v) is 7.29. The largest absolute Gasteiger partial charge is 0.461 e. The smallest absolute Gasteiger partial charge is 0.339 e. The van der Waals surface area contributed by atoms with E-state index in [1.807, 2.05) is 49.4 Å². The second-order valence-electron chi connectivity index (χ2n) is 10.0. The van der Waals surface area contributed by atoms with Crippen LogP contribution in [0, 0.1) is 12.3 Å². The molecule has 0 amide bonds. The fraction of sp³-hybridized carbons (Fsp3) is 0.357. The molecule has 6 rings (SSSR count). The van der Waals surface area contributed by atoms with E-state index >= 15 is 0 Å². The second-order valence-corrected chi connectivity index (χ2v) is 10.0. The second kappa shape index (κ2) is 9.44. The highest BCUT2D eigenvalue weighted by Crippen LogP contribution is 2.36. The SMILES string of the molecule is Cc1cccc(-c2[nH]cnc2-c2ccc3ncc(C(=O)OCCN4CC5(CCCNC5)C4)cc3c2)n1. The zero-order chi connectivity index (χ0) is 24.5. The number of ether oxygens (including phenoxy) is 1. The third-order valence-electron chi connectivity index (χ3n) is 7.29. The molecular weight excluding hydrogens is 452 g/mol. The van der Waals surface area contributed by atoms with E-state index in [0.29, 0.717) is 17.6 Å². The van der Waals surface area contributed by atoms with Gasteiger partial charge in [-0.15, -0.1) is 0 Å². The van der Waals surface area contributed by atoms with Crippen LogP contribution >= 0.6 is 0 Å². The lowest BCUT2D eigenvalue weighted by Crippen LogP contribution is -2.62. The number of carbonyl (C=O) groups is 1. The van der Waals surface area contributed by atoms with Gasteiger partial charge in [0.05, 0.1) is 34.5 Å². The summed E-state index contributed by atoms with van der Waals surface area (Å²) in [4.78, 5) is 32.0. The minimum Gasteiger partial charge on any atom is -0.461 e. The molecule has 0 atom stereocenters. The Hall–Kier alpha value is -3.62. The molecule has 0 saturated carbocycles. The van der Waals surface area contributed by atoms with Crippen molar-refractivity contribution < 1.29 is 9.53 Å². The number of nitrogens with zero attached hydrogens (tertiary/aromatic N) is 4. The van der Waals surface area contributed by atoms with Gasteiger partial charge >= 0.3 is 5.97 Å². The summed E-state index contributed by atoms with van der Waals surface area (Å²) >= 11 is 0. The van der Waals surface area contributed by atoms with E-state index < -0.39 is 0 Å². The van der Waals surface area contributed by atoms with Gasteiger partial charge in [-0.3, -0.25) is 14.9 Å². The predicted octanol–water partition coefficient (Wildman–Crippen LogP) is 3.84. The molecule has 2 fully saturated rings. The van der Waals surface area contributed by atoms with Crippen molar-refractivity contribution in [1.29, 1.82) is 0 Å². The molecule has 2 aliphatic rings. The lowest BCUT2D eigenvalue weighted by Gasteiger charge is -2.52. The summed E-state index contributed by atoms with van der Waals surface area (Å²) in [6, 6.07) is 13.7. The van der Waals surface area contributed by atoms with Gasteiger partial charge in [-0.1, -0.05) is 12.1 Å². The van der Waals surface area contributed by atoms with Crippen molar-refractivity contribution >= 4 is 16.9 Å². The first kappa shape index (κ1) is 22.8. The molecule has 184 valence electrons. The number of aromatic nitrogens is 4. The fourth-order valence-corrected chi connectivity index (χ4v) is 5.49. The van der Waals surface area contributed by atoms with Crippen molar-refractivity contribution in [2.24, 2.45) is 5.41 Å². The van der Waals surface area contributed by atoms with Crippen molar-refractivity contribution in [2.45, 2.75) is 19.8 Å². The van der Waals surface area contributed by atoms with Crippen LogP contribution in [0.4, 0.5) is 0 Å². The van der Waals surface area contributed by atoms with Crippen molar-refractivity contribution in [3.05, 3.63) is 66.2 Å². The zero-order valence-electron chi connectivity index (χ0n) is 20.5. The number of nitrogens with one attached hydrogen (secondary N) is 2. The molecule has 2 aliphatic heterocycles. The lowest BCUT2D eigenvalue weighted by molar-refractivity contribution is -0.0289. The highest BCUT2D eigenvalue weighted by Gasteiger charge is 2.43. The van der Waals surface area contributed by atoms with Gasteiger partial charge < -0.3 is 15.0 Å². The number of hydrogen-bond donors (Lipinski definition) is 2. The maximum atomic E-state index is 12.7. The summed E-state index contributed by atoms with van der Waals surface area (Å²) < 4.78 is 5.59. The van der Waals surface area contributed by atoms with Crippen LogP contribution < -0.4 is 5.32 Å². The fourth-order valence-electron chi connectivity index (χ4n) is 5.49. The van der Waals surface area contributed by atoms with Gasteiger partial charge in [0.2, 0.25) is 0 Å². The number of likely N-dealkylation sites (tertiary alicyclic amines) is 1. The van der Waals surface area contributed by atoms with Crippen molar-refractivity contribution in [3.63, 3.8) is 0 Å². The number of carbonyl (C=O) groups excluding carboxylic acids is 1. The number of fused-ring (bicyclic) bond motifs is 1. The maximum Gasteiger partial charge on any atom is 0.339 e. The molecule has 0 radical (unpaired) electrons. The average Bonchev–Trinajstić information content (AvgIpc) is 3.38. The molecule has 5 heterocycles. The molecule has 0 bridgehead atoms. The molecule has 8 nitrogen and oxygen atoms in total. The topological polar surface area (TPSA) is 96.0 Å². The summed E-state index contributed by atoms with van der Waals surface area (Å²) in [7, 11) is 0. The van der Waals surface area contributed by atoms with Crippen LogP contribution in [-0.4, -0.2) is 70.1 Å². The number of aryl methyl sites for hydroxylation is 1. The van der Waals surface area contributed by atoms with E-state index in [-0.39, 0.29) is 5.97 Å². The third kappa shape index (κ3) is 4.50. The van der Waals surface area contributed by atoms with E-state index in [2.05, 4.69) is 30.2 Å². The number of esters is 1.